The number of hydrogen-bond donors (Lipinski definition) is 3. The summed E-state index contributed by atoms with van der Waals surface area (Å²) >= 11 is 0. The fraction of sp³-hybridized carbons (Fsp3) is 0.182. The molecule has 0 aliphatic rings. The Kier molecular flexibility index (Phi) is 3.34. The summed E-state index contributed by atoms with van der Waals surface area (Å²) in [5.74, 6) is 1.21. The minimum atomic E-state index is 0.498. The number of rotatable bonds is 4. The van der Waals surface area contributed by atoms with Crippen molar-refractivity contribution >= 4 is 23.0 Å². The fourth-order valence-electron chi connectivity index (χ4n) is 1.38. The molecule has 0 saturated heterocycles. The van der Waals surface area contributed by atoms with Crippen LogP contribution in [-0.2, 0) is 0 Å². The molecule has 0 aromatic carbocycles. The van der Waals surface area contributed by atoms with Crippen molar-refractivity contribution in [2.75, 3.05) is 22.9 Å². The molecule has 0 bridgehead atoms. The largest absolute Gasteiger partial charge is 0.393 e. The maximum absolute atomic E-state index is 5.95. The Hall–Kier alpha value is -2.37. The number of nitrogens with one attached hydrogen (secondary N) is 2. The monoisotopic (exact) mass is 230 g/mol. The Bertz CT molecular complexity index is 485. The molecule has 0 unspecified atom stereocenters. The minimum absolute atomic E-state index is 0.498. The highest BCUT2D eigenvalue weighted by Gasteiger charge is 2.07. The van der Waals surface area contributed by atoms with Crippen LogP contribution in [0.1, 0.15) is 6.92 Å². The van der Waals surface area contributed by atoms with Gasteiger partial charge in [-0.05, 0) is 19.1 Å². The van der Waals surface area contributed by atoms with Gasteiger partial charge in [-0.1, -0.05) is 0 Å². The van der Waals surface area contributed by atoms with Gasteiger partial charge in [-0.3, -0.25) is 4.98 Å². The normalized spacial score (nSPS) is 9.94. The average Bonchev–Trinajstić information content (AvgIpc) is 2.36. The third-order valence-electron chi connectivity index (χ3n) is 2.15. The number of anilines is 4. The molecule has 2 heterocycles. The van der Waals surface area contributed by atoms with Crippen molar-refractivity contribution in [1.29, 1.82) is 0 Å². The second kappa shape index (κ2) is 5.11. The highest BCUT2D eigenvalue weighted by Crippen LogP contribution is 2.24. The summed E-state index contributed by atoms with van der Waals surface area (Å²) in [6.07, 6.45) is 4.88. The zero-order valence-electron chi connectivity index (χ0n) is 9.51. The van der Waals surface area contributed by atoms with Crippen molar-refractivity contribution in [3.05, 3.63) is 30.9 Å². The van der Waals surface area contributed by atoms with E-state index in [1.54, 1.807) is 12.4 Å². The van der Waals surface area contributed by atoms with E-state index in [1.165, 1.54) is 6.33 Å². The van der Waals surface area contributed by atoms with E-state index in [1.807, 2.05) is 19.1 Å². The molecule has 88 valence electrons. The average molecular weight is 230 g/mol. The van der Waals surface area contributed by atoms with Gasteiger partial charge < -0.3 is 16.4 Å². The van der Waals surface area contributed by atoms with Crippen LogP contribution in [0, 0.1) is 0 Å². The molecule has 0 fully saturated rings. The molecule has 0 aliphatic carbocycles. The van der Waals surface area contributed by atoms with E-state index >= 15 is 0 Å². The Balaban J connectivity index is 2.24. The van der Waals surface area contributed by atoms with Crippen LogP contribution in [0.3, 0.4) is 0 Å². The number of pyridine rings is 1. The first-order valence-electron chi connectivity index (χ1n) is 5.32. The topological polar surface area (TPSA) is 88.8 Å². The van der Waals surface area contributed by atoms with E-state index in [-0.39, 0.29) is 0 Å². The van der Waals surface area contributed by atoms with Crippen molar-refractivity contribution in [2.45, 2.75) is 6.92 Å². The van der Waals surface area contributed by atoms with Crippen LogP contribution < -0.4 is 16.4 Å². The molecule has 4 N–H and O–H groups in total. The van der Waals surface area contributed by atoms with Crippen molar-refractivity contribution < 1.29 is 0 Å². The zero-order valence-corrected chi connectivity index (χ0v) is 9.51. The van der Waals surface area contributed by atoms with Gasteiger partial charge in [0.15, 0.2) is 11.6 Å². The maximum Gasteiger partial charge on any atom is 0.159 e. The molecular weight excluding hydrogens is 216 g/mol. The smallest absolute Gasteiger partial charge is 0.159 e. The van der Waals surface area contributed by atoms with Crippen LogP contribution in [-0.4, -0.2) is 21.5 Å². The van der Waals surface area contributed by atoms with Gasteiger partial charge in [0.05, 0.1) is 11.9 Å². The predicted molar refractivity (Wildman–Crippen MR) is 68.1 cm³/mol. The first-order chi connectivity index (χ1) is 8.31. The van der Waals surface area contributed by atoms with Gasteiger partial charge in [0, 0.05) is 12.7 Å². The Morgan fingerprint density at radius 3 is 2.82 bits per heavy atom. The third kappa shape index (κ3) is 2.60. The van der Waals surface area contributed by atoms with Crippen molar-refractivity contribution in [3.8, 4) is 0 Å². The molecule has 2 rings (SSSR count). The lowest BCUT2D eigenvalue weighted by Gasteiger charge is -2.11. The number of nitrogens with two attached hydrogens (primary N) is 1. The Morgan fingerprint density at radius 1 is 1.29 bits per heavy atom. The van der Waals surface area contributed by atoms with E-state index in [2.05, 4.69) is 25.6 Å². The lowest BCUT2D eigenvalue weighted by atomic mass is 10.4. The quantitative estimate of drug-likeness (QED) is 0.739. The van der Waals surface area contributed by atoms with Gasteiger partial charge in [0.25, 0.3) is 0 Å². The standard InChI is InChI=1S/C11H14N6/c1-2-14-10-9(12)11(16-7-15-10)17-8-4-3-5-13-6-8/h3-7H,2,12H2,1H3,(H2,14,15,16,17). The molecule has 6 heteroatoms. The zero-order chi connectivity index (χ0) is 12.1. The highest BCUT2D eigenvalue weighted by atomic mass is 15.1. The summed E-state index contributed by atoms with van der Waals surface area (Å²) in [7, 11) is 0. The molecule has 2 aromatic rings. The molecule has 0 atom stereocenters. The number of nitrogen functional groups attached to an aromatic ring is 1. The summed E-state index contributed by atoms with van der Waals surface area (Å²) in [4.78, 5) is 12.2. The fourth-order valence-corrected chi connectivity index (χ4v) is 1.38. The third-order valence-corrected chi connectivity index (χ3v) is 2.15. The maximum atomic E-state index is 5.95. The summed E-state index contributed by atoms with van der Waals surface area (Å²) in [5.41, 5.74) is 7.28. The van der Waals surface area contributed by atoms with E-state index in [9.17, 15) is 0 Å². The molecule has 0 aliphatic heterocycles. The summed E-state index contributed by atoms with van der Waals surface area (Å²) in [6.45, 7) is 2.74. The van der Waals surface area contributed by atoms with Gasteiger partial charge in [0.1, 0.15) is 12.0 Å². The lowest BCUT2D eigenvalue weighted by Crippen LogP contribution is -2.07. The molecule has 0 amide bonds. The summed E-state index contributed by atoms with van der Waals surface area (Å²) in [6, 6.07) is 3.73. The van der Waals surface area contributed by atoms with Crippen LogP contribution in [0.2, 0.25) is 0 Å². The van der Waals surface area contributed by atoms with Gasteiger partial charge in [-0.15, -0.1) is 0 Å². The van der Waals surface area contributed by atoms with Gasteiger partial charge in [-0.25, -0.2) is 9.97 Å². The molecule has 0 radical (unpaired) electrons. The first kappa shape index (κ1) is 11.1. The summed E-state index contributed by atoms with van der Waals surface area (Å²) < 4.78 is 0. The first-order valence-corrected chi connectivity index (χ1v) is 5.32. The van der Waals surface area contributed by atoms with Gasteiger partial charge >= 0.3 is 0 Å². The Morgan fingerprint density at radius 2 is 2.12 bits per heavy atom. The van der Waals surface area contributed by atoms with E-state index < -0.39 is 0 Å². The van der Waals surface area contributed by atoms with Crippen LogP contribution >= 0.6 is 0 Å². The summed E-state index contributed by atoms with van der Waals surface area (Å²) in [5, 5.41) is 6.16. The van der Waals surface area contributed by atoms with Crippen molar-refractivity contribution in [3.63, 3.8) is 0 Å². The molecular formula is C11H14N6. The highest BCUT2D eigenvalue weighted by molar-refractivity contribution is 5.77. The molecule has 0 spiro atoms. The predicted octanol–water partition coefficient (Wildman–Crippen LogP) is 1.63. The van der Waals surface area contributed by atoms with Gasteiger partial charge in [-0.2, -0.15) is 0 Å². The molecule has 2 aromatic heterocycles. The lowest BCUT2D eigenvalue weighted by molar-refractivity contribution is 1.11. The second-order valence-corrected chi connectivity index (χ2v) is 3.38. The van der Waals surface area contributed by atoms with Crippen LogP contribution in [0.25, 0.3) is 0 Å². The van der Waals surface area contributed by atoms with Crippen LogP contribution in [0.15, 0.2) is 30.9 Å². The van der Waals surface area contributed by atoms with Crippen LogP contribution in [0.5, 0.6) is 0 Å². The van der Waals surface area contributed by atoms with E-state index in [0.29, 0.717) is 17.3 Å². The van der Waals surface area contributed by atoms with Crippen LogP contribution in [0.4, 0.5) is 23.0 Å². The SMILES string of the molecule is CCNc1ncnc(Nc2cccnc2)c1N. The second-order valence-electron chi connectivity index (χ2n) is 3.38. The molecule has 0 saturated carbocycles. The Labute approximate surface area is 99.3 Å². The van der Waals surface area contributed by atoms with E-state index in [0.717, 1.165) is 12.2 Å². The van der Waals surface area contributed by atoms with Crippen molar-refractivity contribution in [2.24, 2.45) is 0 Å². The number of aromatic nitrogens is 3. The van der Waals surface area contributed by atoms with Crippen molar-refractivity contribution in [1.82, 2.24) is 15.0 Å². The van der Waals surface area contributed by atoms with E-state index in [4.69, 9.17) is 5.73 Å². The molecule has 6 nitrogen and oxygen atoms in total. The number of nitrogens with zero attached hydrogens (tertiary/aromatic N) is 3. The molecule has 17 heavy (non-hydrogen) atoms. The minimum Gasteiger partial charge on any atom is -0.393 e. The van der Waals surface area contributed by atoms with Gasteiger partial charge in [0.2, 0.25) is 0 Å². The number of hydrogen-bond acceptors (Lipinski definition) is 6.